The van der Waals surface area contributed by atoms with Gasteiger partial charge in [0.05, 0.1) is 5.52 Å². The highest BCUT2D eigenvalue weighted by Crippen LogP contribution is 2.35. The Bertz CT molecular complexity index is 649. The number of nitrogens with zero attached hydrogens (tertiary/aromatic N) is 1. The van der Waals surface area contributed by atoms with E-state index in [9.17, 15) is 0 Å². The van der Waals surface area contributed by atoms with Crippen LogP contribution >= 0.6 is 11.6 Å². The number of rotatable bonds is 2. The van der Waals surface area contributed by atoms with E-state index in [1.165, 1.54) is 47.2 Å². The summed E-state index contributed by atoms with van der Waals surface area (Å²) < 4.78 is 0. The van der Waals surface area contributed by atoms with Crippen molar-refractivity contribution in [3.63, 3.8) is 0 Å². The number of anilines is 1. The van der Waals surface area contributed by atoms with Crippen LogP contribution in [0.15, 0.2) is 12.1 Å². The van der Waals surface area contributed by atoms with E-state index in [1.807, 2.05) is 6.07 Å². The first-order valence-electron chi connectivity index (χ1n) is 7.56. The maximum absolute atomic E-state index is 6.26. The zero-order valence-corrected chi connectivity index (χ0v) is 13.0. The van der Waals surface area contributed by atoms with Crippen LogP contribution in [0.4, 0.5) is 5.69 Å². The van der Waals surface area contributed by atoms with Crippen LogP contribution in [0.5, 0.6) is 0 Å². The Balaban J connectivity index is 2.33. The SMILES string of the molecule is CCNc1c2c(nc3c(C)cc(Cl)cc13)CCCCC2. The normalized spacial score (nSPS) is 14.9. The molecule has 0 aliphatic heterocycles. The zero-order chi connectivity index (χ0) is 14.1. The molecule has 1 aliphatic rings. The van der Waals surface area contributed by atoms with E-state index in [-0.39, 0.29) is 0 Å². The van der Waals surface area contributed by atoms with Crippen molar-refractivity contribution in [1.82, 2.24) is 4.98 Å². The highest BCUT2D eigenvalue weighted by molar-refractivity contribution is 6.31. The summed E-state index contributed by atoms with van der Waals surface area (Å²) in [5, 5.41) is 5.54. The van der Waals surface area contributed by atoms with Gasteiger partial charge in [0.2, 0.25) is 0 Å². The third-order valence-electron chi connectivity index (χ3n) is 4.13. The van der Waals surface area contributed by atoms with E-state index in [2.05, 4.69) is 25.2 Å². The molecule has 0 atom stereocenters. The van der Waals surface area contributed by atoms with Gasteiger partial charge >= 0.3 is 0 Å². The number of benzene rings is 1. The van der Waals surface area contributed by atoms with E-state index >= 15 is 0 Å². The lowest BCUT2D eigenvalue weighted by molar-refractivity contribution is 0.709. The van der Waals surface area contributed by atoms with Crippen LogP contribution in [-0.2, 0) is 12.8 Å². The predicted molar refractivity (Wildman–Crippen MR) is 86.9 cm³/mol. The number of fused-ring (bicyclic) bond motifs is 2. The van der Waals surface area contributed by atoms with Crippen molar-refractivity contribution in [2.75, 3.05) is 11.9 Å². The topological polar surface area (TPSA) is 24.9 Å². The first kappa shape index (κ1) is 13.7. The molecule has 0 saturated carbocycles. The third kappa shape index (κ3) is 2.37. The molecule has 106 valence electrons. The van der Waals surface area contributed by atoms with E-state index in [0.29, 0.717) is 0 Å². The van der Waals surface area contributed by atoms with Gasteiger partial charge in [0.25, 0.3) is 0 Å². The van der Waals surface area contributed by atoms with Gasteiger partial charge in [-0.1, -0.05) is 18.0 Å². The van der Waals surface area contributed by atoms with Crippen LogP contribution in [0.3, 0.4) is 0 Å². The first-order valence-corrected chi connectivity index (χ1v) is 7.94. The van der Waals surface area contributed by atoms with Crippen LogP contribution in [0.25, 0.3) is 10.9 Å². The molecule has 0 amide bonds. The Morgan fingerprint density at radius 1 is 1.20 bits per heavy atom. The first-order chi connectivity index (χ1) is 9.70. The number of aryl methyl sites for hydroxylation is 2. The van der Waals surface area contributed by atoms with Crippen molar-refractivity contribution < 1.29 is 0 Å². The lowest BCUT2D eigenvalue weighted by Crippen LogP contribution is -2.07. The Labute approximate surface area is 125 Å². The average molecular weight is 289 g/mol. The maximum Gasteiger partial charge on any atom is 0.0756 e. The largest absolute Gasteiger partial charge is 0.384 e. The van der Waals surface area contributed by atoms with Crippen LogP contribution in [-0.4, -0.2) is 11.5 Å². The number of nitrogens with one attached hydrogen (secondary N) is 1. The van der Waals surface area contributed by atoms with Crippen molar-refractivity contribution in [2.45, 2.75) is 46.0 Å². The molecule has 0 saturated heterocycles. The molecule has 1 heterocycles. The summed E-state index contributed by atoms with van der Waals surface area (Å²) in [5.41, 5.74) is 6.24. The van der Waals surface area contributed by atoms with Gasteiger partial charge in [0.1, 0.15) is 0 Å². The van der Waals surface area contributed by atoms with Crippen LogP contribution in [0.1, 0.15) is 43.0 Å². The van der Waals surface area contributed by atoms with Crippen molar-refractivity contribution >= 4 is 28.2 Å². The highest BCUT2D eigenvalue weighted by atomic mass is 35.5. The van der Waals surface area contributed by atoms with Gasteiger partial charge in [-0.3, -0.25) is 4.98 Å². The fourth-order valence-corrected chi connectivity index (χ4v) is 3.48. The smallest absolute Gasteiger partial charge is 0.0756 e. The molecule has 0 unspecified atom stereocenters. The average Bonchev–Trinajstić information content (AvgIpc) is 2.65. The summed E-state index contributed by atoms with van der Waals surface area (Å²) in [7, 11) is 0. The summed E-state index contributed by atoms with van der Waals surface area (Å²) in [6, 6.07) is 4.07. The maximum atomic E-state index is 6.26. The van der Waals surface area contributed by atoms with Gasteiger partial charge in [-0.25, -0.2) is 0 Å². The summed E-state index contributed by atoms with van der Waals surface area (Å²) in [6.07, 6.45) is 6.05. The summed E-state index contributed by atoms with van der Waals surface area (Å²) in [4.78, 5) is 4.96. The minimum absolute atomic E-state index is 0.796. The molecule has 3 heteroatoms. The molecule has 1 aliphatic carbocycles. The number of aromatic nitrogens is 1. The number of hydrogen-bond acceptors (Lipinski definition) is 2. The van der Waals surface area contributed by atoms with E-state index in [1.54, 1.807) is 0 Å². The second kappa shape index (κ2) is 5.61. The Morgan fingerprint density at radius 2 is 2.00 bits per heavy atom. The van der Waals surface area contributed by atoms with Crippen molar-refractivity contribution in [3.8, 4) is 0 Å². The minimum Gasteiger partial charge on any atom is -0.384 e. The molecule has 20 heavy (non-hydrogen) atoms. The van der Waals surface area contributed by atoms with E-state index in [4.69, 9.17) is 16.6 Å². The third-order valence-corrected chi connectivity index (χ3v) is 4.34. The molecular weight excluding hydrogens is 268 g/mol. The van der Waals surface area contributed by atoms with Gasteiger partial charge in [-0.2, -0.15) is 0 Å². The van der Waals surface area contributed by atoms with Gasteiger partial charge < -0.3 is 5.32 Å². The van der Waals surface area contributed by atoms with Crippen LogP contribution in [0.2, 0.25) is 5.02 Å². The van der Waals surface area contributed by atoms with E-state index in [0.717, 1.165) is 29.9 Å². The standard InChI is InChI=1S/C17H21ClN2/c1-3-19-17-13-7-5-4-6-8-15(13)20-16-11(2)9-12(18)10-14(16)17/h9-10H,3-8H2,1-2H3,(H,19,20). The molecule has 1 aromatic heterocycles. The Morgan fingerprint density at radius 3 is 2.80 bits per heavy atom. The predicted octanol–water partition coefficient (Wildman–Crippen LogP) is 4.90. The lowest BCUT2D eigenvalue weighted by atomic mass is 10.00. The second-order valence-corrected chi connectivity index (χ2v) is 6.06. The molecule has 0 radical (unpaired) electrons. The fraction of sp³-hybridized carbons (Fsp3) is 0.471. The monoisotopic (exact) mass is 288 g/mol. The Hall–Kier alpha value is -1.28. The molecule has 0 bridgehead atoms. The quantitative estimate of drug-likeness (QED) is 0.795. The highest BCUT2D eigenvalue weighted by Gasteiger charge is 2.18. The van der Waals surface area contributed by atoms with Gasteiger partial charge in [0.15, 0.2) is 0 Å². The summed E-state index contributed by atoms with van der Waals surface area (Å²) >= 11 is 6.26. The summed E-state index contributed by atoms with van der Waals surface area (Å²) in [6.45, 7) is 5.17. The van der Waals surface area contributed by atoms with Gasteiger partial charge in [-0.15, -0.1) is 0 Å². The number of halogens is 1. The number of pyridine rings is 1. The molecule has 1 N–H and O–H groups in total. The van der Waals surface area contributed by atoms with Crippen molar-refractivity contribution in [2.24, 2.45) is 0 Å². The molecule has 3 rings (SSSR count). The van der Waals surface area contributed by atoms with Crippen molar-refractivity contribution in [3.05, 3.63) is 34.0 Å². The molecule has 0 spiro atoms. The summed E-state index contributed by atoms with van der Waals surface area (Å²) in [5.74, 6) is 0. The lowest BCUT2D eigenvalue weighted by Gasteiger charge is -2.17. The molecule has 2 nitrogen and oxygen atoms in total. The fourth-order valence-electron chi connectivity index (χ4n) is 3.21. The molecule has 1 aromatic carbocycles. The second-order valence-electron chi connectivity index (χ2n) is 5.62. The van der Waals surface area contributed by atoms with Crippen LogP contribution in [0, 0.1) is 6.92 Å². The molecule has 0 fully saturated rings. The zero-order valence-electron chi connectivity index (χ0n) is 12.2. The van der Waals surface area contributed by atoms with Crippen molar-refractivity contribution in [1.29, 1.82) is 0 Å². The molecule has 2 aromatic rings. The van der Waals surface area contributed by atoms with E-state index < -0.39 is 0 Å². The van der Waals surface area contributed by atoms with Gasteiger partial charge in [0, 0.05) is 28.3 Å². The minimum atomic E-state index is 0.796. The Kier molecular flexibility index (Phi) is 3.84. The number of hydrogen-bond donors (Lipinski definition) is 1. The molecular formula is C17H21ClN2. The van der Waals surface area contributed by atoms with Crippen LogP contribution < -0.4 is 5.32 Å². The van der Waals surface area contributed by atoms with Gasteiger partial charge in [-0.05, 0) is 62.8 Å².